The number of fused-ring (bicyclic) bond motifs is 1. The van der Waals surface area contributed by atoms with E-state index in [4.69, 9.17) is 4.74 Å². The predicted molar refractivity (Wildman–Crippen MR) is 82.2 cm³/mol. The van der Waals surface area contributed by atoms with E-state index in [-0.39, 0.29) is 5.69 Å². The molecule has 2 N–H and O–H groups in total. The van der Waals surface area contributed by atoms with Crippen molar-refractivity contribution in [1.82, 2.24) is 4.98 Å². The lowest BCUT2D eigenvalue weighted by atomic mass is 10.1. The van der Waals surface area contributed by atoms with Crippen molar-refractivity contribution in [2.75, 3.05) is 17.2 Å². The number of urea groups is 1. The average molecular weight is 319 g/mol. The number of hydrogen-bond acceptors (Lipinski definition) is 3. The van der Waals surface area contributed by atoms with Gasteiger partial charge >= 0.3 is 6.03 Å². The van der Waals surface area contributed by atoms with Gasteiger partial charge in [0.15, 0.2) is 0 Å². The Labute approximate surface area is 131 Å². The second-order valence-corrected chi connectivity index (χ2v) is 5.19. The lowest BCUT2D eigenvalue weighted by Gasteiger charge is -2.11. The molecule has 0 atom stereocenters. The number of ether oxygens (including phenoxy) is 1. The predicted octanol–water partition coefficient (Wildman–Crippen LogP) is 3.91. The maximum absolute atomic E-state index is 12.7. The first-order chi connectivity index (χ1) is 11.0. The van der Waals surface area contributed by atoms with E-state index in [9.17, 15) is 13.6 Å². The quantitative estimate of drug-likeness (QED) is 0.901. The molecule has 7 heteroatoms. The first-order valence-corrected chi connectivity index (χ1v) is 7.12. The number of benzene rings is 1. The van der Waals surface area contributed by atoms with Crippen LogP contribution in [0.15, 0.2) is 30.5 Å². The summed E-state index contributed by atoms with van der Waals surface area (Å²) in [5, 5.41) is 5.33. The van der Waals surface area contributed by atoms with Crippen molar-refractivity contribution >= 4 is 17.4 Å². The number of aromatic nitrogens is 1. The standard InChI is InChI=1S/C16H15F2N3O2/c1-9-7-10(8-19-14(9)15(17)18)20-16(22)21-12-3-2-4-13-11(12)5-6-23-13/h2-4,7-8,15H,5-6H2,1H3,(H2,20,21,22). The molecule has 5 nitrogen and oxygen atoms in total. The number of amides is 2. The van der Waals surface area contributed by atoms with Gasteiger partial charge in [-0.05, 0) is 30.7 Å². The highest BCUT2D eigenvalue weighted by Gasteiger charge is 2.17. The van der Waals surface area contributed by atoms with E-state index in [2.05, 4.69) is 15.6 Å². The Kier molecular flexibility index (Phi) is 4.10. The third kappa shape index (κ3) is 3.23. The molecular weight excluding hydrogens is 304 g/mol. The van der Waals surface area contributed by atoms with E-state index in [0.717, 1.165) is 17.7 Å². The van der Waals surface area contributed by atoms with Crippen molar-refractivity contribution in [2.24, 2.45) is 0 Å². The number of hydrogen-bond donors (Lipinski definition) is 2. The molecule has 23 heavy (non-hydrogen) atoms. The van der Waals surface area contributed by atoms with Crippen molar-refractivity contribution in [2.45, 2.75) is 19.8 Å². The second-order valence-electron chi connectivity index (χ2n) is 5.19. The van der Waals surface area contributed by atoms with Gasteiger partial charge in [-0.2, -0.15) is 0 Å². The van der Waals surface area contributed by atoms with Crippen LogP contribution in [0, 0.1) is 6.92 Å². The fraction of sp³-hybridized carbons (Fsp3) is 0.250. The van der Waals surface area contributed by atoms with Crippen LogP contribution >= 0.6 is 0 Å². The molecule has 1 aromatic carbocycles. The molecule has 0 saturated heterocycles. The summed E-state index contributed by atoms with van der Waals surface area (Å²) >= 11 is 0. The molecule has 0 aliphatic carbocycles. The maximum atomic E-state index is 12.7. The fourth-order valence-electron chi connectivity index (χ4n) is 2.51. The topological polar surface area (TPSA) is 63.2 Å². The number of pyridine rings is 1. The Morgan fingerprint density at radius 1 is 1.35 bits per heavy atom. The summed E-state index contributed by atoms with van der Waals surface area (Å²) in [5.41, 5.74) is 2.02. The molecule has 0 bridgehead atoms. The van der Waals surface area contributed by atoms with Gasteiger partial charge in [-0.3, -0.25) is 4.98 Å². The van der Waals surface area contributed by atoms with Gasteiger partial charge < -0.3 is 15.4 Å². The molecular formula is C16H15F2N3O2. The van der Waals surface area contributed by atoms with Gasteiger partial charge in [0.1, 0.15) is 11.4 Å². The molecule has 2 aromatic rings. The summed E-state index contributed by atoms with van der Waals surface area (Å²) in [4.78, 5) is 15.8. The molecule has 2 heterocycles. The molecule has 0 radical (unpaired) electrons. The van der Waals surface area contributed by atoms with Crippen molar-refractivity contribution in [1.29, 1.82) is 0 Å². The number of carbonyl (C=O) groups excluding carboxylic acids is 1. The number of nitrogens with zero attached hydrogens (tertiary/aromatic N) is 1. The van der Waals surface area contributed by atoms with Gasteiger partial charge in [0.25, 0.3) is 6.43 Å². The van der Waals surface area contributed by atoms with Crippen LogP contribution < -0.4 is 15.4 Å². The summed E-state index contributed by atoms with van der Waals surface area (Å²) in [6.45, 7) is 2.12. The molecule has 1 aliphatic heterocycles. The van der Waals surface area contributed by atoms with Crippen molar-refractivity contribution in [3.63, 3.8) is 0 Å². The third-order valence-corrected chi connectivity index (χ3v) is 3.57. The van der Waals surface area contributed by atoms with Gasteiger partial charge in [-0.15, -0.1) is 0 Å². The maximum Gasteiger partial charge on any atom is 0.323 e. The van der Waals surface area contributed by atoms with Crippen LogP contribution in [0.1, 0.15) is 23.2 Å². The summed E-state index contributed by atoms with van der Waals surface area (Å²) in [6.07, 6.45) is -0.688. The molecule has 1 aliphatic rings. The highest BCUT2D eigenvalue weighted by molar-refractivity contribution is 6.00. The Bertz CT molecular complexity index is 750. The molecule has 2 amide bonds. The summed E-state index contributed by atoms with van der Waals surface area (Å²) in [6, 6.07) is 6.43. The third-order valence-electron chi connectivity index (χ3n) is 3.57. The lowest BCUT2D eigenvalue weighted by molar-refractivity contribution is 0.145. The first kappa shape index (κ1) is 15.2. The van der Waals surface area contributed by atoms with Crippen molar-refractivity contribution in [3.05, 3.63) is 47.3 Å². The van der Waals surface area contributed by atoms with Crippen LogP contribution in [0.4, 0.5) is 25.0 Å². The Morgan fingerprint density at radius 2 is 2.17 bits per heavy atom. The largest absolute Gasteiger partial charge is 0.493 e. The van der Waals surface area contributed by atoms with Gasteiger partial charge in [0, 0.05) is 17.7 Å². The van der Waals surface area contributed by atoms with E-state index in [0.29, 0.717) is 23.5 Å². The van der Waals surface area contributed by atoms with Gasteiger partial charge in [0.2, 0.25) is 0 Å². The second kappa shape index (κ2) is 6.20. The summed E-state index contributed by atoms with van der Waals surface area (Å²) < 4.78 is 30.8. The van der Waals surface area contributed by atoms with E-state index in [1.54, 1.807) is 12.1 Å². The van der Waals surface area contributed by atoms with Gasteiger partial charge in [0.05, 0.1) is 18.5 Å². The number of aryl methyl sites for hydroxylation is 1. The van der Waals surface area contributed by atoms with Crippen molar-refractivity contribution < 1.29 is 18.3 Å². The zero-order valence-electron chi connectivity index (χ0n) is 12.4. The van der Waals surface area contributed by atoms with Gasteiger partial charge in [-0.25, -0.2) is 13.6 Å². The number of anilines is 2. The molecule has 3 rings (SSSR count). The minimum absolute atomic E-state index is 0.283. The fourth-order valence-corrected chi connectivity index (χ4v) is 2.51. The highest BCUT2D eigenvalue weighted by Crippen LogP contribution is 2.31. The zero-order chi connectivity index (χ0) is 16.4. The van der Waals surface area contributed by atoms with Crippen LogP contribution in [0.3, 0.4) is 0 Å². The number of halogens is 2. The first-order valence-electron chi connectivity index (χ1n) is 7.12. The minimum atomic E-state index is -2.63. The number of alkyl halides is 2. The number of nitrogens with one attached hydrogen (secondary N) is 2. The van der Waals surface area contributed by atoms with Crippen LogP contribution in [-0.2, 0) is 6.42 Å². The SMILES string of the molecule is Cc1cc(NC(=O)Nc2cccc3c2CCO3)cnc1C(F)F. The Balaban J connectivity index is 1.71. The summed E-state index contributed by atoms with van der Waals surface area (Å²) in [5.74, 6) is 0.765. The van der Waals surface area contributed by atoms with Crippen molar-refractivity contribution in [3.8, 4) is 5.75 Å². The Hall–Kier alpha value is -2.70. The minimum Gasteiger partial charge on any atom is -0.493 e. The van der Waals surface area contributed by atoms with Crippen LogP contribution in [0.2, 0.25) is 0 Å². The number of carbonyl (C=O) groups is 1. The van der Waals surface area contributed by atoms with Crippen LogP contribution in [-0.4, -0.2) is 17.6 Å². The van der Waals surface area contributed by atoms with E-state index in [1.165, 1.54) is 19.2 Å². The number of rotatable bonds is 3. The van der Waals surface area contributed by atoms with Crippen LogP contribution in [0.25, 0.3) is 0 Å². The summed E-state index contributed by atoms with van der Waals surface area (Å²) in [7, 11) is 0. The molecule has 0 fully saturated rings. The van der Waals surface area contributed by atoms with Gasteiger partial charge in [-0.1, -0.05) is 6.07 Å². The molecule has 1 aromatic heterocycles. The molecule has 0 spiro atoms. The molecule has 120 valence electrons. The highest BCUT2D eigenvalue weighted by atomic mass is 19.3. The zero-order valence-corrected chi connectivity index (χ0v) is 12.4. The van der Waals surface area contributed by atoms with E-state index >= 15 is 0 Å². The Morgan fingerprint density at radius 3 is 2.91 bits per heavy atom. The normalized spacial score (nSPS) is 12.7. The van der Waals surface area contributed by atoms with E-state index in [1.807, 2.05) is 6.07 Å². The smallest absolute Gasteiger partial charge is 0.323 e. The molecule has 0 unspecified atom stereocenters. The van der Waals surface area contributed by atoms with Crippen LogP contribution in [0.5, 0.6) is 5.75 Å². The lowest BCUT2D eigenvalue weighted by Crippen LogP contribution is -2.20. The monoisotopic (exact) mass is 319 g/mol. The molecule has 0 saturated carbocycles. The average Bonchev–Trinajstić information content (AvgIpc) is 2.96. The van der Waals surface area contributed by atoms with E-state index < -0.39 is 12.5 Å².